The van der Waals surface area contributed by atoms with E-state index in [0.717, 1.165) is 42.3 Å². The Labute approximate surface area is 208 Å². The maximum atomic E-state index is 6.41. The molecule has 5 rings (SSSR count). The Kier molecular flexibility index (Phi) is 6.68. The summed E-state index contributed by atoms with van der Waals surface area (Å²) in [6, 6.07) is 5.64. The van der Waals surface area contributed by atoms with Gasteiger partial charge in [-0.05, 0) is 110 Å². The lowest BCUT2D eigenvalue weighted by atomic mass is 9.46. The summed E-state index contributed by atoms with van der Waals surface area (Å²) in [6.45, 7) is 7.62. The number of hydrogen-bond acceptors (Lipinski definition) is 3. The van der Waals surface area contributed by atoms with Gasteiger partial charge in [0.05, 0.1) is 11.8 Å². The van der Waals surface area contributed by atoms with Crippen molar-refractivity contribution in [2.45, 2.75) is 104 Å². The summed E-state index contributed by atoms with van der Waals surface area (Å²) in [6.07, 6.45) is 22.0. The highest BCUT2D eigenvalue weighted by atomic mass is 16.5. The smallest absolute Gasteiger partial charge is 0.142 e. The molecule has 3 nitrogen and oxygen atoms in total. The third-order valence-corrected chi connectivity index (χ3v) is 11.0. The van der Waals surface area contributed by atoms with Crippen molar-refractivity contribution in [3.63, 3.8) is 0 Å². The lowest BCUT2D eigenvalue weighted by Crippen LogP contribution is -2.52. The molecule has 0 aromatic heterocycles. The number of nitrogen functional groups attached to an aromatic ring is 2. The number of anilines is 2. The molecule has 0 amide bonds. The van der Waals surface area contributed by atoms with Crippen molar-refractivity contribution in [3.8, 4) is 5.75 Å². The van der Waals surface area contributed by atoms with Crippen molar-refractivity contribution in [1.29, 1.82) is 0 Å². The Morgan fingerprint density at radius 2 is 1.71 bits per heavy atom. The predicted octanol–water partition coefficient (Wildman–Crippen LogP) is 8.00. The van der Waals surface area contributed by atoms with Gasteiger partial charge < -0.3 is 16.2 Å². The van der Waals surface area contributed by atoms with Crippen molar-refractivity contribution < 1.29 is 4.74 Å². The fraction of sp³-hybridized carbons (Fsp3) is 0.742. The maximum Gasteiger partial charge on any atom is 0.142 e. The fourth-order valence-corrected chi connectivity index (χ4v) is 8.94. The molecule has 3 fully saturated rings. The monoisotopic (exact) mass is 464 g/mol. The molecule has 8 unspecified atom stereocenters. The number of allylic oxidation sites excluding steroid dienone is 2. The van der Waals surface area contributed by atoms with Crippen molar-refractivity contribution in [1.82, 2.24) is 0 Å². The largest absolute Gasteiger partial charge is 0.488 e. The molecular formula is C31H48N2O. The molecule has 0 heterocycles. The van der Waals surface area contributed by atoms with Crippen LogP contribution in [0.25, 0.3) is 0 Å². The molecule has 3 heteroatoms. The Balaban J connectivity index is 1.27. The van der Waals surface area contributed by atoms with Gasteiger partial charge in [0.15, 0.2) is 0 Å². The van der Waals surface area contributed by atoms with Crippen LogP contribution in [0.3, 0.4) is 0 Å². The van der Waals surface area contributed by atoms with E-state index in [2.05, 4.69) is 32.9 Å². The molecule has 0 spiro atoms. The molecule has 4 N–H and O–H groups in total. The van der Waals surface area contributed by atoms with Crippen LogP contribution in [0, 0.1) is 40.4 Å². The molecule has 188 valence electrons. The van der Waals surface area contributed by atoms with E-state index in [9.17, 15) is 0 Å². The number of rotatable bonds is 7. The number of nitrogens with two attached hydrogens (primary N) is 2. The van der Waals surface area contributed by atoms with Crippen molar-refractivity contribution in [2.75, 3.05) is 11.5 Å². The molecule has 34 heavy (non-hydrogen) atoms. The molecule has 8 atom stereocenters. The van der Waals surface area contributed by atoms with Crippen LogP contribution in [0.15, 0.2) is 30.4 Å². The van der Waals surface area contributed by atoms with Crippen LogP contribution in [-0.2, 0) is 0 Å². The van der Waals surface area contributed by atoms with E-state index in [1.807, 2.05) is 18.2 Å². The Morgan fingerprint density at radius 3 is 2.50 bits per heavy atom. The Hall–Kier alpha value is -1.64. The first-order chi connectivity index (χ1) is 16.3. The van der Waals surface area contributed by atoms with Gasteiger partial charge in [0.25, 0.3) is 0 Å². The van der Waals surface area contributed by atoms with Crippen LogP contribution in [0.2, 0.25) is 0 Å². The molecule has 0 radical (unpaired) electrons. The van der Waals surface area contributed by atoms with E-state index in [1.54, 1.807) is 0 Å². The highest BCUT2D eigenvalue weighted by Gasteiger charge is 2.58. The first kappa shape index (κ1) is 24.1. The second-order valence-electron chi connectivity index (χ2n) is 12.8. The third kappa shape index (κ3) is 4.16. The van der Waals surface area contributed by atoms with E-state index >= 15 is 0 Å². The SMILES string of the molecule is CCCCCCC1CCC2C3C=CC4CC(Oc5ccc(N)cc5N)CCC4(C)C3CCC12C. The zero-order valence-electron chi connectivity index (χ0n) is 21.9. The molecule has 4 aliphatic carbocycles. The van der Waals surface area contributed by atoms with E-state index in [1.165, 1.54) is 64.2 Å². The van der Waals surface area contributed by atoms with Gasteiger partial charge in [0, 0.05) is 5.69 Å². The second-order valence-corrected chi connectivity index (χ2v) is 12.8. The van der Waals surface area contributed by atoms with Crippen LogP contribution in [0.5, 0.6) is 5.75 Å². The summed E-state index contributed by atoms with van der Waals surface area (Å²) in [4.78, 5) is 0. The van der Waals surface area contributed by atoms with Gasteiger partial charge >= 0.3 is 0 Å². The summed E-state index contributed by atoms with van der Waals surface area (Å²) < 4.78 is 6.41. The molecule has 3 saturated carbocycles. The minimum Gasteiger partial charge on any atom is -0.488 e. The van der Waals surface area contributed by atoms with E-state index in [-0.39, 0.29) is 6.10 Å². The van der Waals surface area contributed by atoms with Crippen molar-refractivity contribution in [2.24, 2.45) is 40.4 Å². The van der Waals surface area contributed by atoms with Gasteiger partial charge in [-0.1, -0.05) is 58.6 Å². The number of fused-ring (bicyclic) bond motifs is 5. The third-order valence-electron chi connectivity index (χ3n) is 11.0. The fourth-order valence-electron chi connectivity index (χ4n) is 8.94. The van der Waals surface area contributed by atoms with Crippen LogP contribution < -0.4 is 16.2 Å². The Bertz CT molecular complexity index is 895. The minimum atomic E-state index is 0.248. The molecular weight excluding hydrogens is 416 g/mol. The second kappa shape index (κ2) is 9.43. The maximum absolute atomic E-state index is 6.41. The zero-order chi connectivity index (χ0) is 23.9. The van der Waals surface area contributed by atoms with Gasteiger partial charge in [-0.25, -0.2) is 0 Å². The highest BCUT2D eigenvalue weighted by molar-refractivity contribution is 5.60. The molecule has 0 bridgehead atoms. The van der Waals surface area contributed by atoms with Gasteiger partial charge in [-0.3, -0.25) is 0 Å². The van der Waals surface area contributed by atoms with Gasteiger partial charge in [-0.15, -0.1) is 0 Å². The van der Waals surface area contributed by atoms with E-state index < -0.39 is 0 Å². The number of unbranched alkanes of at least 4 members (excludes halogenated alkanes) is 3. The van der Waals surface area contributed by atoms with E-state index in [4.69, 9.17) is 16.2 Å². The molecule has 0 saturated heterocycles. The van der Waals surface area contributed by atoms with Gasteiger partial charge in [0.2, 0.25) is 0 Å². The number of hydrogen-bond donors (Lipinski definition) is 2. The molecule has 0 aliphatic heterocycles. The molecule has 1 aromatic rings. The lowest BCUT2D eigenvalue weighted by molar-refractivity contribution is -0.0743. The van der Waals surface area contributed by atoms with Crippen LogP contribution in [-0.4, -0.2) is 6.10 Å². The highest BCUT2D eigenvalue weighted by Crippen LogP contribution is 2.66. The summed E-state index contributed by atoms with van der Waals surface area (Å²) in [7, 11) is 0. The van der Waals surface area contributed by atoms with E-state index in [0.29, 0.717) is 28.1 Å². The average Bonchev–Trinajstić information content (AvgIpc) is 3.15. The normalized spacial score (nSPS) is 40.9. The predicted molar refractivity (Wildman–Crippen MR) is 144 cm³/mol. The van der Waals surface area contributed by atoms with Gasteiger partial charge in [-0.2, -0.15) is 0 Å². The zero-order valence-corrected chi connectivity index (χ0v) is 21.9. The number of ether oxygens (including phenoxy) is 1. The number of benzene rings is 1. The first-order valence-corrected chi connectivity index (χ1v) is 14.3. The van der Waals surface area contributed by atoms with Crippen molar-refractivity contribution in [3.05, 3.63) is 30.4 Å². The molecule has 4 aliphatic rings. The topological polar surface area (TPSA) is 61.3 Å². The summed E-state index contributed by atoms with van der Waals surface area (Å²) in [5, 5.41) is 0. The lowest BCUT2D eigenvalue weighted by Gasteiger charge is -2.59. The summed E-state index contributed by atoms with van der Waals surface area (Å²) >= 11 is 0. The Morgan fingerprint density at radius 1 is 0.912 bits per heavy atom. The minimum absolute atomic E-state index is 0.248. The first-order valence-electron chi connectivity index (χ1n) is 14.3. The van der Waals surface area contributed by atoms with Crippen LogP contribution >= 0.6 is 0 Å². The average molecular weight is 465 g/mol. The summed E-state index contributed by atoms with van der Waals surface area (Å²) in [5.41, 5.74) is 14.4. The standard InChI is InChI=1S/C31H48N2O/c1-4-5-6-7-8-21-10-13-26-25-12-9-22-19-24(34-29-14-11-23(32)20-28(29)33)15-17-31(22,3)27(25)16-18-30(21,26)2/h9,11-12,14,20-22,24-27H,4-8,10,13,15-19,32-33H2,1-3H3. The van der Waals surface area contributed by atoms with Crippen molar-refractivity contribution >= 4 is 11.4 Å². The van der Waals surface area contributed by atoms with Crippen LogP contribution in [0.4, 0.5) is 11.4 Å². The summed E-state index contributed by atoms with van der Waals surface area (Å²) in [5.74, 6) is 4.93. The molecule has 1 aromatic carbocycles. The van der Waals surface area contributed by atoms with Crippen LogP contribution in [0.1, 0.15) is 97.8 Å². The quantitative estimate of drug-likeness (QED) is 0.244. The van der Waals surface area contributed by atoms with Gasteiger partial charge in [0.1, 0.15) is 5.75 Å².